The summed E-state index contributed by atoms with van der Waals surface area (Å²) in [6.45, 7) is 0.0654. The molecule has 0 saturated heterocycles. The number of nitrogens with one attached hydrogen (secondary N) is 1. The number of carbonyl (C=O) groups is 1. The van der Waals surface area contributed by atoms with Gasteiger partial charge in [0.1, 0.15) is 35.5 Å². The van der Waals surface area contributed by atoms with Gasteiger partial charge in [-0.25, -0.2) is 0 Å². The van der Waals surface area contributed by atoms with Crippen LogP contribution in [-0.4, -0.2) is 5.91 Å². The van der Waals surface area contributed by atoms with Gasteiger partial charge in [-0.3, -0.25) is 4.79 Å². The van der Waals surface area contributed by atoms with Gasteiger partial charge in [-0.05, 0) is 42.5 Å². The zero-order valence-electron chi connectivity index (χ0n) is 15.7. The van der Waals surface area contributed by atoms with E-state index >= 15 is 0 Å². The van der Waals surface area contributed by atoms with E-state index in [9.17, 15) is 23.2 Å². The highest BCUT2D eigenvalue weighted by atomic mass is 35.5. The molecular weight excluding hydrogens is 433 g/mol. The highest BCUT2D eigenvalue weighted by Crippen LogP contribution is 2.31. The number of furan rings is 1. The zero-order valence-corrected chi connectivity index (χ0v) is 16.5. The summed E-state index contributed by atoms with van der Waals surface area (Å²) in [5, 5.41) is 12.0. The lowest BCUT2D eigenvalue weighted by Gasteiger charge is -2.09. The van der Waals surface area contributed by atoms with E-state index in [1.54, 1.807) is 36.4 Å². The van der Waals surface area contributed by atoms with Crippen LogP contribution < -0.4 is 10.1 Å². The first-order valence-corrected chi connectivity index (χ1v) is 9.20. The normalized spacial score (nSPS) is 11.6. The van der Waals surface area contributed by atoms with Crippen molar-refractivity contribution in [3.05, 3.63) is 88.3 Å². The Labute approximate surface area is 180 Å². The van der Waals surface area contributed by atoms with Crippen LogP contribution in [0.2, 0.25) is 5.02 Å². The molecule has 0 fully saturated rings. The van der Waals surface area contributed by atoms with E-state index in [2.05, 4.69) is 5.32 Å². The number of benzene rings is 2. The van der Waals surface area contributed by atoms with Gasteiger partial charge in [0.05, 0.1) is 10.6 Å². The Morgan fingerprint density at radius 2 is 1.94 bits per heavy atom. The second kappa shape index (κ2) is 9.41. The van der Waals surface area contributed by atoms with E-state index < -0.39 is 17.6 Å². The SMILES string of the molecule is N#CC(=Cc1ccc(COc2ccccc2Cl)o1)C(=O)Nc1cccc(C(F)(F)F)c1. The molecule has 1 heterocycles. The summed E-state index contributed by atoms with van der Waals surface area (Å²) in [5.41, 5.74) is -1.35. The van der Waals surface area contributed by atoms with Gasteiger partial charge >= 0.3 is 6.18 Å². The highest BCUT2D eigenvalue weighted by Gasteiger charge is 2.30. The number of nitriles is 1. The number of halogens is 4. The van der Waals surface area contributed by atoms with E-state index in [4.69, 9.17) is 20.8 Å². The molecule has 9 heteroatoms. The van der Waals surface area contributed by atoms with Gasteiger partial charge < -0.3 is 14.5 Å². The van der Waals surface area contributed by atoms with Crippen LogP contribution in [0.15, 0.2) is 70.7 Å². The summed E-state index contributed by atoms with van der Waals surface area (Å²) in [7, 11) is 0. The Hall–Kier alpha value is -3.70. The third-order valence-corrected chi connectivity index (χ3v) is 4.30. The molecule has 5 nitrogen and oxygen atoms in total. The first kappa shape index (κ1) is 22.0. The number of hydrogen-bond donors (Lipinski definition) is 1. The molecule has 2 aromatic carbocycles. The van der Waals surface area contributed by atoms with E-state index in [0.29, 0.717) is 16.5 Å². The number of ether oxygens (including phenoxy) is 1. The van der Waals surface area contributed by atoms with Crippen molar-refractivity contribution in [3.8, 4) is 11.8 Å². The number of para-hydroxylation sites is 1. The van der Waals surface area contributed by atoms with Crippen molar-refractivity contribution in [3.63, 3.8) is 0 Å². The van der Waals surface area contributed by atoms with Crippen LogP contribution in [0, 0.1) is 11.3 Å². The molecule has 0 unspecified atom stereocenters. The van der Waals surface area contributed by atoms with Crippen LogP contribution in [0.4, 0.5) is 18.9 Å². The molecule has 0 bridgehead atoms. The molecule has 0 atom stereocenters. The lowest BCUT2D eigenvalue weighted by molar-refractivity contribution is -0.137. The predicted molar refractivity (Wildman–Crippen MR) is 108 cm³/mol. The molecule has 3 aromatic rings. The Balaban J connectivity index is 1.68. The molecule has 3 rings (SSSR count). The van der Waals surface area contributed by atoms with E-state index in [0.717, 1.165) is 18.2 Å². The van der Waals surface area contributed by atoms with Crippen molar-refractivity contribution in [2.24, 2.45) is 0 Å². The van der Waals surface area contributed by atoms with Gasteiger partial charge in [-0.2, -0.15) is 18.4 Å². The van der Waals surface area contributed by atoms with Crippen molar-refractivity contribution < 1.29 is 27.1 Å². The van der Waals surface area contributed by atoms with E-state index in [-0.39, 0.29) is 23.6 Å². The molecule has 1 N–H and O–H groups in total. The highest BCUT2D eigenvalue weighted by molar-refractivity contribution is 6.32. The third-order valence-electron chi connectivity index (χ3n) is 3.99. The fourth-order valence-corrected chi connectivity index (χ4v) is 2.71. The van der Waals surface area contributed by atoms with E-state index in [1.807, 2.05) is 0 Å². The lowest BCUT2D eigenvalue weighted by atomic mass is 10.1. The summed E-state index contributed by atoms with van der Waals surface area (Å²) in [5.74, 6) is 0.221. The molecule has 0 aliphatic carbocycles. The Morgan fingerprint density at radius 3 is 2.65 bits per heavy atom. The average molecular weight is 447 g/mol. The maximum absolute atomic E-state index is 12.8. The van der Waals surface area contributed by atoms with Crippen molar-refractivity contribution >= 4 is 29.3 Å². The summed E-state index contributed by atoms with van der Waals surface area (Å²) < 4.78 is 49.5. The van der Waals surface area contributed by atoms with Crippen molar-refractivity contribution in [1.29, 1.82) is 5.26 Å². The van der Waals surface area contributed by atoms with Gasteiger partial charge in [-0.15, -0.1) is 0 Å². The number of anilines is 1. The van der Waals surface area contributed by atoms with Crippen LogP contribution >= 0.6 is 11.6 Å². The number of hydrogen-bond acceptors (Lipinski definition) is 4. The maximum Gasteiger partial charge on any atom is 0.416 e. The number of amides is 1. The standard InChI is InChI=1S/C22H14ClF3N2O3/c23-19-6-1-2-7-20(19)30-13-18-9-8-17(31-18)10-14(12-27)21(29)28-16-5-3-4-15(11-16)22(24,25)26/h1-11H,13H2,(H,28,29). The Kier molecular flexibility index (Phi) is 6.68. The van der Waals surface area contributed by atoms with Gasteiger partial charge in [0.2, 0.25) is 0 Å². The number of alkyl halides is 3. The van der Waals surface area contributed by atoms with Gasteiger partial charge in [0.25, 0.3) is 5.91 Å². The van der Waals surface area contributed by atoms with E-state index in [1.165, 1.54) is 18.2 Å². The van der Waals surface area contributed by atoms with Crippen molar-refractivity contribution in [2.75, 3.05) is 5.32 Å². The molecule has 0 aliphatic rings. The average Bonchev–Trinajstić information content (AvgIpc) is 3.18. The fourth-order valence-electron chi connectivity index (χ4n) is 2.52. The molecule has 31 heavy (non-hydrogen) atoms. The van der Waals surface area contributed by atoms with Gasteiger partial charge in [-0.1, -0.05) is 29.8 Å². The smallest absolute Gasteiger partial charge is 0.416 e. The fraction of sp³-hybridized carbons (Fsp3) is 0.0909. The Morgan fingerprint density at radius 1 is 1.16 bits per heavy atom. The molecule has 0 radical (unpaired) electrons. The second-order valence-corrected chi connectivity index (χ2v) is 6.63. The molecular formula is C22H14ClF3N2O3. The molecule has 0 aliphatic heterocycles. The largest absolute Gasteiger partial charge is 0.484 e. The summed E-state index contributed by atoms with van der Waals surface area (Å²) in [6, 6.07) is 15.8. The molecule has 1 aromatic heterocycles. The lowest BCUT2D eigenvalue weighted by Crippen LogP contribution is -2.14. The third kappa shape index (κ3) is 5.90. The van der Waals surface area contributed by atoms with Crippen LogP contribution in [-0.2, 0) is 17.6 Å². The molecule has 1 amide bonds. The number of rotatable bonds is 6. The first-order chi connectivity index (χ1) is 14.8. The summed E-state index contributed by atoms with van der Waals surface area (Å²) in [4.78, 5) is 12.3. The number of nitrogens with zero attached hydrogens (tertiary/aromatic N) is 1. The quantitative estimate of drug-likeness (QED) is 0.368. The monoisotopic (exact) mass is 446 g/mol. The minimum absolute atomic E-state index is 0.0654. The van der Waals surface area contributed by atoms with Crippen molar-refractivity contribution in [1.82, 2.24) is 0 Å². The van der Waals surface area contributed by atoms with Crippen LogP contribution in [0.3, 0.4) is 0 Å². The summed E-state index contributed by atoms with van der Waals surface area (Å²) >= 11 is 6.01. The Bertz CT molecular complexity index is 1160. The first-order valence-electron chi connectivity index (χ1n) is 8.83. The topological polar surface area (TPSA) is 75.3 Å². The van der Waals surface area contributed by atoms with Crippen LogP contribution in [0.5, 0.6) is 5.75 Å². The van der Waals surface area contributed by atoms with Crippen LogP contribution in [0.25, 0.3) is 6.08 Å². The molecule has 158 valence electrons. The summed E-state index contributed by atoms with van der Waals surface area (Å²) in [6.07, 6.45) is -3.37. The minimum Gasteiger partial charge on any atom is -0.484 e. The zero-order chi connectivity index (χ0) is 22.4. The molecule has 0 spiro atoms. The van der Waals surface area contributed by atoms with Gasteiger partial charge in [0.15, 0.2) is 0 Å². The minimum atomic E-state index is -4.55. The maximum atomic E-state index is 12.8. The van der Waals surface area contributed by atoms with Gasteiger partial charge in [0, 0.05) is 11.8 Å². The molecule has 0 saturated carbocycles. The van der Waals surface area contributed by atoms with Crippen molar-refractivity contribution in [2.45, 2.75) is 12.8 Å². The predicted octanol–water partition coefficient (Wildman–Crippen LogP) is 6.08. The van der Waals surface area contributed by atoms with Crippen LogP contribution in [0.1, 0.15) is 17.1 Å². The second-order valence-electron chi connectivity index (χ2n) is 6.23. The number of carbonyl (C=O) groups excluding carboxylic acids is 1.